The topological polar surface area (TPSA) is 42.0 Å². The van der Waals surface area contributed by atoms with Crippen molar-refractivity contribution in [2.75, 3.05) is 45.3 Å². The van der Waals surface area contributed by atoms with Crippen LogP contribution in [0.4, 0.5) is 5.69 Å². The zero-order chi connectivity index (χ0) is 22.3. The van der Waals surface area contributed by atoms with Crippen molar-refractivity contribution in [1.82, 2.24) is 4.90 Å². The average molecular weight is 449 g/mol. The molecule has 0 saturated carbocycles. The van der Waals surface area contributed by atoms with Crippen molar-refractivity contribution >= 4 is 23.4 Å². The Morgan fingerprint density at radius 2 is 1.53 bits per heavy atom. The summed E-state index contributed by atoms with van der Waals surface area (Å²) in [4.78, 5) is 18.6. The summed E-state index contributed by atoms with van der Waals surface area (Å²) in [5.41, 5.74) is 2.81. The highest BCUT2D eigenvalue weighted by Crippen LogP contribution is 2.30. The monoisotopic (exact) mass is 448 g/mol. The number of ether oxygens (including phenoxy) is 2. The van der Waals surface area contributed by atoms with Crippen LogP contribution in [0.1, 0.15) is 15.9 Å². The Bertz CT molecular complexity index is 1050. The summed E-state index contributed by atoms with van der Waals surface area (Å²) in [5, 5.41) is 0. The number of hydrogen-bond acceptors (Lipinski definition) is 5. The smallest absolute Gasteiger partial charge is 0.253 e. The summed E-state index contributed by atoms with van der Waals surface area (Å²) in [5.74, 6) is 2.49. The maximum absolute atomic E-state index is 13.2. The number of amides is 1. The second kappa shape index (κ2) is 10.5. The summed E-state index contributed by atoms with van der Waals surface area (Å²) in [6.45, 7) is 2.91. The number of carbonyl (C=O) groups excluding carboxylic acids is 1. The Balaban J connectivity index is 1.43. The minimum absolute atomic E-state index is 0.0679. The van der Waals surface area contributed by atoms with Crippen molar-refractivity contribution < 1.29 is 14.3 Å². The first-order valence-corrected chi connectivity index (χ1v) is 11.7. The molecule has 166 valence electrons. The molecular weight excluding hydrogens is 420 g/mol. The van der Waals surface area contributed by atoms with Crippen LogP contribution in [0.25, 0.3) is 0 Å². The number of para-hydroxylation sites is 2. The molecule has 1 aliphatic heterocycles. The van der Waals surface area contributed by atoms with E-state index in [1.807, 2.05) is 59.5 Å². The number of thioether (sulfide) groups is 1. The van der Waals surface area contributed by atoms with Crippen molar-refractivity contribution in [3.05, 3.63) is 83.9 Å². The van der Waals surface area contributed by atoms with Gasteiger partial charge in [-0.15, -0.1) is 11.8 Å². The van der Waals surface area contributed by atoms with E-state index >= 15 is 0 Å². The average Bonchev–Trinajstić information content (AvgIpc) is 2.87. The standard InChI is InChI=1S/C26H28N2O3S/c1-30-24-13-12-20(18-21(24)19-32-22-8-4-3-5-9-22)26(29)28-16-14-27(15-17-28)23-10-6-7-11-25(23)31-2/h3-13,18H,14-17,19H2,1-2H3. The van der Waals surface area contributed by atoms with Crippen LogP contribution in [-0.4, -0.2) is 51.2 Å². The summed E-state index contributed by atoms with van der Waals surface area (Å²) in [6.07, 6.45) is 0. The van der Waals surface area contributed by atoms with Crippen molar-refractivity contribution in [1.29, 1.82) is 0 Å². The SMILES string of the molecule is COc1ccc(C(=O)N2CCN(c3ccccc3OC)CC2)cc1CSc1ccccc1. The first kappa shape index (κ1) is 22.1. The second-order valence-electron chi connectivity index (χ2n) is 7.58. The molecular formula is C26H28N2O3S. The predicted molar refractivity (Wildman–Crippen MR) is 130 cm³/mol. The lowest BCUT2D eigenvalue weighted by Gasteiger charge is -2.36. The van der Waals surface area contributed by atoms with E-state index in [1.54, 1.807) is 26.0 Å². The number of piperazine rings is 1. The molecule has 5 nitrogen and oxygen atoms in total. The Morgan fingerprint density at radius 3 is 2.25 bits per heavy atom. The van der Waals surface area contributed by atoms with E-state index in [0.717, 1.165) is 41.6 Å². The van der Waals surface area contributed by atoms with Gasteiger partial charge in [0.15, 0.2) is 0 Å². The van der Waals surface area contributed by atoms with E-state index in [1.165, 1.54) is 4.90 Å². The van der Waals surface area contributed by atoms with E-state index in [4.69, 9.17) is 9.47 Å². The zero-order valence-corrected chi connectivity index (χ0v) is 19.3. The Hall–Kier alpha value is -3.12. The molecule has 3 aromatic rings. The van der Waals surface area contributed by atoms with Gasteiger partial charge in [-0.1, -0.05) is 30.3 Å². The van der Waals surface area contributed by atoms with Gasteiger partial charge >= 0.3 is 0 Å². The summed E-state index contributed by atoms with van der Waals surface area (Å²) in [7, 11) is 3.36. The van der Waals surface area contributed by atoms with Crippen LogP contribution in [0.5, 0.6) is 11.5 Å². The summed E-state index contributed by atoms with van der Waals surface area (Å²) < 4.78 is 11.0. The summed E-state index contributed by atoms with van der Waals surface area (Å²) >= 11 is 1.74. The Morgan fingerprint density at radius 1 is 0.844 bits per heavy atom. The molecule has 0 bridgehead atoms. The highest BCUT2D eigenvalue weighted by atomic mass is 32.2. The lowest BCUT2D eigenvalue weighted by atomic mass is 10.1. The third kappa shape index (κ3) is 5.02. The molecule has 0 atom stereocenters. The molecule has 32 heavy (non-hydrogen) atoms. The van der Waals surface area contributed by atoms with E-state index in [-0.39, 0.29) is 5.91 Å². The molecule has 0 unspecified atom stereocenters. The fourth-order valence-corrected chi connectivity index (χ4v) is 4.82. The molecule has 1 aliphatic rings. The molecule has 0 radical (unpaired) electrons. The molecule has 0 N–H and O–H groups in total. The van der Waals surface area contributed by atoms with Gasteiger partial charge in [0.25, 0.3) is 5.91 Å². The van der Waals surface area contributed by atoms with Gasteiger partial charge in [0.05, 0.1) is 19.9 Å². The number of rotatable bonds is 7. The third-order valence-corrected chi connectivity index (χ3v) is 6.72. The van der Waals surface area contributed by atoms with Crippen molar-refractivity contribution in [2.24, 2.45) is 0 Å². The van der Waals surface area contributed by atoms with Gasteiger partial charge < -0.3 is 19.3 Å². The Labute approximate surface area is 193 Å². The third-order valence-electron chi connectivity index (χ3n) is 5.66. The molecule has 1 saturated heterocycles. The second-order valence-corrected chi connectivity index (χ2v) is 8.63. The first-order valence-electron chi connectivity index (χ1n) is 10.7. The van der Waals surface area contributed by atoms with E-state index in [2.05, 4.69) is 23.1 Å². The van der Waals surface area contributed by atoms with E-state index in [9.17, 15) is 4.79 Å². The molecule has 3 aromatic carbocycles. The number of carbonyl (C=O) groups is 1. The van der Waals surface area contributed by atoms with Crippen molar-refractivity contribution in [2.45, 2.75) is 10.6 Å². The normalized spacial score (nSPS) is 13.7. The Kier molecular flexibility index (Phi) is 7.22. The number of nitrogens with zero attached hydrogens (tertiary/aromatic N) is 2. The molecule has 0 aromatic heterocycles. The minimum Gasteiger partial charge on any atom is -0.496 e. The maximum atomic E-state index is 13.2. The molecule has 6 heteroatoms. The minimum atomic E-state index is 0.0679. The first-order chi connectivity index (χ1) is 15.7. The van der Waals surface area contributed by atoms with Crippen LogP contribution in [0.15, 0.2) is 77.7 Å². The van der Waals surface area contributed by atoms with Gasteiger partial charge in [0.2, 0.25) is 0 Å². The molecule has 1 fully saturated rings. The number of benzene rings is 3. The van der Waals surface area contributed by atoms with Crippen molar-refractivity contribution in [3.8, 4) is 11.5 Å². The van der Waals surface area contributed by atoms with Crippen molar-refractivity contribution in [3.63, 3.8) is 0 Å². The van der Waals surface area contributed by atoms with Crippen LogP contribution >= 0.6 is 11.8 Å². The van der Waals surface area contributed by atoms with Crippen LogP contribution in [0, 0.1) is 0 Å². The molecule has 4 rings (SSSR count). The predicted octanol–water partition coefficient (Wildman–Crippen LogP) is 4.96. The zero-order valence-electron chi connectivity index (χ0n) is 18.5. The number of hydrogen-bond donors (Lipinski definition) is 0. The fourth-order valence-electron chi connectivity index (χ4n) is 3.93. The van der Waals surface area contributed by atoms with Crippen LogP contribution < -0.4 is 14.4 Å². The maximum Gasteiger partial charge on any atom is 0.253 e. The quantitative estimate of drug-likeness (QED) is 0.478. The lowest BCUT2D eigenvalue weighted by Crippen LogP contribution is -2.48. The highest BCUT2D eigenvalue weighted by molar-refractivity contribution is 7.98. The fraction of sp³-hybridized carbons (Fsp3) is 0.269. The van der Waals surface area contributed by atoms with E-state index < -0.39 is 0 Å². The van der Waals surface area contributed by atoms with Gasteiger partial charge in [-0.25, -0.2) is 0 Å². The summed E-state index contributed by atoms with van der Waals surface area (Å²) in [6, 6.07) is 24.0. The number of methoxy groups -OCH3 is 2. The van der Waals surface area contributed by atoms with Gasteiger partial charge in [-0.2, -0.15) is 0 Å². The molecule has 0 spiro atoms. The van der Waals surface area contributed by atoms with Crippen LogP contribution in [0.3, 0.4) is 0 Å². The molecule has 0 aliphatic carbocycles. The van der Waals surface area contributed by atoms with Gasteiger partial charge in [0, 0.05) is 48.0 Å². The molecule has 1 heterocycles. The number of anilines is 1. The highest BCUT2D eigenvalue weighted by Gasteiger charge is 2.24. The molecule has 1 amide bonds. The largest absolute Gasteiger partial charge is 0.496 e. The van der Waals surface area contributed by atoms with Gasteiger partial charge in [0.1, 0.15) is 11.5 Å². The lowest BCUT2D eigenvalue weighted by molar-refractivity contribution is 0.0746. The van der Waals surface area contributed by atoms with Gasteiger partial charge in [-0.05, 0) is 42.5 Å². The van der Waals surface area contributed by atoms with Gasteiger partial charge in [-0.3, -0.25) is 4.79 Å². The van der Waals surface area contributed by atoms with E-state index in [0.29, 0.717) is 18.7 Å². The van der Waals surface area contributed by atoms with Crippen LogP contribution in [0.2, 0.25) is 0 Å². The van der Waals surface area contributed by atoms with Crippen LogP contribution in [-0.2, 0) is 5.75 Å².